The first kappa shape index (κ1) is 25.1. The highest BCUT2D eigenvalue weighted by molar-refractivity contribution is 5.90. The van der Waals surface area contributed by atoms with Crippen LogP contribution in [0.2, 0.25) is 0 Å². The lowest BCUT2D eigenvalue weighted by atomic mass is 10.0. The summed E-state index contributed by atoms with van der Waals surface area (Å²) >= 11 is 0. The van der Waals surface area contributed by atoms with Gasteiger partial charge in [-0.3, -0.25) is 14.5 Å². The molecule has 3 atom stereocenters. The van der Waals surface area contributed by atoms with E-state index in [-0.39, 0.29) is 23.8 Å². The molecular weight excluding hydrogens is 426 g/mol. The molecule has 0 saturated carbocycles. The second kappa shape index (κ2) is 11.1. The maximum atomic E-state index is 13.2. The number of carbonyl (C=O) groups is 2. The summed E-state index contributed by atoms with van der Waals surface area (Å²) < 4.78 is 21.7. The van der Waals surface area contributed by atoms with Gasteiger partial charge in [0.25, 0.3) is 5.91 Å². The smallest absolute Gasteiger partial charge is 0.252 e. The fourth-order valence-corrected chi connectivity index (χ4v) is 4.28. The number of amides is 2. The summed E-state index contributed by atoms with van der Waals surface area (Å²) in [6.07, 6.45) is 0.104. The van der Waals surface area contributed by atoms with Crippen LogP contribution in [0.4, 0.5) is 0 Å². The molecule has 0 bridgehead atoms. The number of hydrogen-bond acceptors (Lipinski definition) is 7. The third-order valence-electron chi connectivity index (χ3n) is 6.15. The lowest BCUT2D eigenvalue weighted by molar-refractivity contribution is -0.138. The summed E-state index contributed by atoms with van der Waals surface area (Å²) in [6.45, 7) is 9.31. The molecule has 1 aromatic rings. The van der Waals surface area contributed by atoms with Crippen molar-refractivity contribution in [2.24, 2.45) is 5.92 Å². The van der Waals surface area contributed by atoms with Crippen molar-refractivity contribution in [3.05, 3.63) is 17.7 Å². The molecule has 2 saturated heterocycles. The van der Waals surface area contributed by atoms with Gasteiger partial charge in [-0.15, -0.1) is 0 Å². The largest absolute Gasteiger partial charge is 0.493 e. The van der Waals surface area contributed by atoms with Gasteiger partial charge in [-0.25, -0.2) is 0 Å². The second-order valence-electron chi connectivity index (χ2n) is 9.05. The number of nitrogens with one attached hydrogen (secondary N) is 1. The molecule has 3 rings (SSSR count). The van der Waals surface area contributed by atoms with Crippen molar-refractivity contribution >= 4 is 11.8 Å². The van der Waals surface area contributed by atoms with Gasteiger partial charge in [0.1, 0.15) is 6.04 Å². The monoisotopic (exact) mass is 463 g/mol. The summed E-state index contributed by atoms with van der Waals surface area (Å²) in [7, 11) is 4.81. The van der Waals surface area contributed by atoms with E-state index in [1.165, 1.54) is 0 Å². The molecule has 9 nitrogen and oxygen atoms in total. The standard InChI is InChI=1S/C24H37N3O6/c1-15(2)13-18(25-23(28)20-16(3)33-20)24(29)27-11-9-26(10-12-27)14-17-7-8-19(30-4)22(32-6)21(17)31-5/h7-8,15-16,18,20H,9-14H2,1-6H3,(H,25,28)/t16?,18-,20?/m0/s1. The SMILES string of the molecule is COc1ccc(CN2CCN(C(=O)[C@H](CC(C)C)NC(=O)C3OC3C)CC2)c(OC)c1OC. The third-order valence-corrected chi connectivity index (χ3v) is 6.15. The molecule has 0 aliphatic carbocycles. The molecule has 0 spiro atoms. The summed E-state index contributed by atoms with van der Waals surface area (Å²) in [5.41, 5.74) is 0.999. The lowest BCUT2D eigenvalue weighted by Gasteiger charge is -2.37. The van der Waals surface area contributed by atoms with Crippen molar-refractivity contribution in [2.75, 3.05) is 47.5 Å². The van der Waals surface area contributed by atoms with Crippen LogP contribution < -0.4 is 19.5 Å². The van der Waals surface area contributed by atoms with Gasteiger partial charge in [-0.2, -0.15) is 0 Å². The second-order valence-corrected chi connectivity index (χ2v) is 9.05. The van der Waals surface area contributed by atoms with Gasteiger partial charge < -0.3 is 29.2 Å². The average Bonchev–Trinajstić information content (AvgIpc) is 3.54. The van der Waals surface area contributed by atoms with E-state index in [0.717, 1.165) is 18.7 Å². The molecule has 2 amide bonds. The van der Waals surface area contributed by atoms with Crippen LogP contribution >= 0.6 is 0 Å². The molecule has 33 heavy (non-hydrogen) atoms. The summed E-state index contributed by atoms with van der Waals surface area (Å²) in [4.78, 5) is 29.7. The molecule has 2 aliphatic heterocycles. The normalized spacial score (nSPS) is 21.5. The first-order chi connectivity index (χ1) is 15.8. The van der Waals surface area contributed by atoms with Crippen LogP contribution in [-0.2, 0) is 20.9 Å². The van der Waals surface area contributed by atoms with Gasteiger partial charge in [-0.05, 0) is 25.3 Å². The van der Waals surface area contributed by atoms with E-state index in [0.29, 0.717) is 43.3 Å². The van der Waals surface area contributed by atoms with Crippen LogP contribution in [0.15, 0.2) is 12.1 Å². The Balaban J connectivity index is 1.60. The average molecular weight is 464 g/mol. The summed E-state index contributed by atoms with van der Waals surface area (Å²) in [5.74, 6) is 1.93. The Hall–Kier alpha value is -2.52. The number of hydrogen-bond donors (Lipinski definition) is 1. The van der Waals surface area contributed by atoms with Gasteiger partial charge in [0, 0.05) is 38.3 Å². The fraction of sp³-hybridized carbons (Fsp3) is 0.667. The van der Waals surface area contributed by atoms with Gasteiger partial charge in [-0.1, -0.05) is 19.9 Å². The van der Waals surface area contributed by atoms with E-state index in [9.17, 15) is 9.59 Å². The fourth-order valence-electron chi connectivity index (χ4n) is 4.28. The predicted molar refractivity (Wildman–Crippen MR) is 124 cm³/mol. The third kappa shape index (κ3) is 6.09. The summed E-state index contributed by atoms with van der Waals surface area (Å²) in [6, 6.07) is 3.33. The highest BCUT2D eigenvalue weighted by atomic mass is 16.6. The molecule has 2 fully saturated rings. The molecule has 2 aliphatic rings. The Morgan fingerprint density at radius 3 is 2.21 bits per heavy atom. The van der Waals surface area contributed by atoms with Crippen molar-refractivity contribution in [1.29, 1.82) is 0 Å². The van der Waals surface area contributed by atoms with E-state index in [1.54, 1.807) is 21.3 Å². The number of piperazine rings is 1. The molecule has 2 heterocycles. The van der Waals surface area contributed by atoms with Crippen LogP contribution in [-0.4, -0.2) is 87.4 Å². The quantitative estimate of drug-likeness (QED) is 0.528. The number of carbonyl (C=O) groups excluding carboxylic acids is 2. The Morgan fingerprint density at radius 1 is 1.06 bits per heavy atom. The van der Waals surface area contributed by atoms with Crippen LogP contribution in [0.5, 0.6) is 17.2 Å². The Kier molecular flexibility index (Phi) is 8.42. The Labute approximate surface area is 196 Å². The van der Waals surface area contributed by atoms with Gasteiger partial charge >= 0.3 is 0 Å². The molecule has 1 N–H and O–H groups in total. The molecule has 0 radical (unpaired) electrons. The number of rotatable bonds is 10. The Morgan fingerprint density at radius 2 is 1.70 bits per heavy atom. The number of benzene rings is 1. The maximum Gasteiger partial charge on any atom is 0.252 e. The van der Waals surface area contributed by atoms with Crippen molar-refractivity contribution in [2.45, 2.75) is 52.0 Å². The van der Waals surface area contributed by atoms with Crippen molar-refractivity contribution in [3.63, 3.8) is 0 Å². The number of methoxy groups -OCH3 is 3. The van der Waals surface area contributed by atoms with Crippen LogP contribution in [0, 0.1) is 5.92 Å². The zero-order chi connectivity index (χ0) is 24.1. The predicted octanol–water partition coefficient (Wildman–Crippen LogP) is 1.67. The zero-order valence-corrected chi connectivity index (χ0v) is 20.6. The lowest BCUT2D eigenvalue weighted by Crippen LogP contribution is -2.55. The van der Waals surface area contributed by atoms with Gasteiger partial charge in [0.2, 0.25) is 11.7 Å². The van der Waals surface area contributed by atoms with E-state index in [1.807, 2.05) is 24.0 Å². The van der Waals surface area contributed by atoms with E-state index < -0.39 is 12.1 Å². The highest BCUT2D eigenvalue weighted by Gasteiger charge is 2.42. The Bertz CT molecular complexity index is 838. The number of nitrogens with zero attached hydrogens (tertiary/aromatic N) is 2. The van der Waals surface area contributed by atoms with Gasteiger partial charge in [0.05, 0.1) is 27.4 Å². The van der Waals surface area contributed by atoms with E-state index >= 15 is 0 Å². The first-order valence-corrected chi connectivity index (χ1v) is 11.5. The minimum absolute atomic E-state index is 0.0197. The number of ether oxygens (including phenoxy) is 4. The van der Waals surface area contributed by atoms with Gasteiger partial charge in [0.15, 0.2) is 17.6 Å². The van der Waals surface area contributed by atoms with Crippen molar-refractivity contribution in [1.82, 2.24) is 15.1 Å². The molecule has 1 aromatic carbocycles. The first-order valence-electron chi connectivity index (χ1n) is 11.5. The molecule has 9 heteroatoms. The molecule has 184 valence electrons. The van der Waals surface area contributed by atoms with Crippen LogP contribution in [0.25, 0.3) is 0 Å². The minimum atomic E-state index is -0.522. The molecule has 2 unspecified atom stereocenters. The van der Waals surface area contributed by atoms with Crippen molar-refractivity contribution < 1.29 is 28.5 Å². The highest BCUT2D eigenvalue weighted by Crippen LogP contribution is 2.40. The van der Waals surface area contributed by atoms with Crippen molar-refractivity contribution in [3.8, 4) is 17.2 Å². The van der Waals surface area contributed by atoms with E-state index in [2.05, 4.69) is 24.1 Å². The minimum Gasteiger partial charge on any atom is -0.493 e. The topological polar surface area (TPSA) is 92.9 Å². The van der Waals surface area contributed by atoms with Crippen LogP contribution in [0.1, 0.15) is 32.8 Å². The number of epoxide rings is 1. The van der Waals surface area contributed by atoms with Crippen LogP contribution in [0.3, 0.4) is 0 Å². The van der Waals surface area contributed by atoms with E-state index in [4.69, 9.17) is 18.9 Å². The molecular formula is C24H37N3O6. The molecule has 0 aromatic heterocycles. The zero-order valence-electron chi connectivity index (χ0n) is 20.6. The summed E-state index contributed by atoms with van der Waals surface area (Å²) in [5, 5.41) is 2.92. The maximum absolute atomic E-state index is 13.2.